The maximum absolute atomic E-state index is 10.1. The Morgan fingerprint density at radius 3 is 2.12 bits per heavy atom. The lowest BCUT2D eigenvalue weighted by Crippen LogP contribution is -1.98. The van der Waals surface area contributed by atoms with E-state index < -0.39 is 6.10 Å². The van der Waals surface area contributed by atoms with E-state index in [0.29, 0.717) is 10.0 Å². The van der Waals surface area contributed by atoms with E-state index in [1.54, 1.807) is 36.4 Å². The first-order valence-electron chi connectivity index (χ1n) is 4.86. The van der Waals surface area contributed by atoms with Crippen molar-refractivity contribution in [2.24, 2.45) is 0 Å². The van der Waals surface area contributed by atoms with E-state index in [2.05, 4.69) is 0 Å². The Morgan fingerprint density at radius 1 is 0.812 bits per heavy atom. The zero-order chi connectivity index (χ0) is 11.5. The SMILES string of the molecule is OC(c1ccc(Cl)cc1)c1cccc(Cl)c1. The number of hydrogen-bond donors (Lipinski definition) is 1. The summed E-state index contributed by atoms with van der Waals surface area (Å²) >= 11 is 11.7. The summed E-state index contributed by atoms with van der Waals surface area (Å²) in [4.78, 5) is 0. The van der Waals surface area contributed by atoms with Gasteiger partial charge in [0.05, 0.1) is 0 Å². The molecular weight excluding hydrogens is 243 g/mol. The number of aliphatic hydroxyl groups is 1. The van der Waals surface area contributed by atoms with E-state index in [-0.39, 0.29) is 0 Å². The molecule has 1 unspecified atom stereocenters. The number of benzene rings is 2. The molecule has 2 aromatic carbocycles. The molecule has 0 saturated carbocycles. The van der Waals surface area contributed by atoms with Crippen molar-refractivity contribution in [3.8, 4) is 0 Å². The molecule has 0 bridgehead atoms. The van der Waals surface area contributed by atoms with Gasteiger partial charge in [0.1, 0.15) is 6.10 Å². The van der Waals surface area contributed by atoms with E-state index >= 15 is 0 Å². The van der Waals surface area contributed by atoms with E-state index in [0.717, 1.165) is 11.1 Å². The summed E-state index contributed by atoms with van der Waals surface area (Å²) < 4.78 is 0. The van der Waals surface area contributed by atoms with Crippen LogP contribution in [0.2, 0.25) is 10.0 Å². The Kier molecular flexibility index (Phi) is 3.49. The van der Waals surface area contributed by atoms with Gasteiger partial charge < -0.3 is 5.11 Å². The third kappa shape index (κ3) is 2.56. The predicted molar refractivity (Wildman–Crippen MR) is 67.0 cm³/mol. The molecule has 0 amide bonds. The molecule has 1 nitrogen and oxygen atoms in total. The van der Waals surface area contributed by atoms with Crippen molar-refractivity contribution in [3.63, 3.8) is 0 Å². The highest BCUT2D eigenvalue weighted by molar-refractivity contribution is 6.30. The van der Waals surface area contributed by atoms with E-state index in [4.69, 9.17) is 23.2 Å². The third-order valence-corrected chi connectivity index (χ3v) is 2.84. The van der Waals surface area contributed by atoms with Crippen LogP contribution < -0.4 is 0 Å². The van der Waals surface area contributed by atoms with Crippen molar-refractivity contribution < 1.29 is 5.11 Å². The fourth-order valence-corrected chi connectivity index (χ4v) is 1.84. The number of hydrogen-bond acceptors (Lipinski definition) is 1. The van der Waals surface area contributed by atoms with Gasteiger partial charge in [-0.05, 0) is 35.4 Å². The van der Waals surface area contributed by atoms with Crippen LogP contribution in [0.5, 0.6) is 0 Å². The zero-order valence-corrected chi connectivity index (χ0v) is 9.91. The summed E-state index contributed by atoms with van der Waals surface area (Å²) in [7, 11) is 0. The van der Waals surface area contributed by atoms with Crippen LogP contribution in [0.25, 0.3) is 0 Å². The first-order valence-corrected chi connectivity index (χ1v) is 5.61. The summed E-state index contributed by atoms with van der Waals surface area (Å²) in [5.41, 5.74) is 1.57. The molecule has 0 aliphatic rings. The van der Waals surface area contributed by atoms with Gasteiger partial charge in [-0.25, -0.2) is 0 Å². The molecule has 0 radical (unpaired) electrons. The predicted octanol–water partition coefficient (Wildman–Crippen LogP) is 4.08. The van der Waals surface area contributed by atoms with Crippen LogP contribution in [0, 0.1) is 0 Å². The molecule has 0 aliphatic heterocycles. The van der Waals surface area contributed by atoms with Crippen molar-refractivity contribution in [2.45, 2.75) is 6.10 Å². The number of rotatable bonds is 2. The molecular formula is C13H10Cl2O. The number of aliphatic hydroxyl groups excluding tert-OH is 1. The summed E-state index contributed by atoms with van der Waals surface area (Å²) in [5.74, 6) is 0. The van der Waals surface area contributed by atoms with E-state index in [1.165, 1.54) is 0 Å². The van der Waals surface area contributed by atoms with Gasteiger partial charge in [0.15, 0.2) is 0 Å². The summed E-state index contributed by atoms with van der Waals surface area (Å²) in [6, 6.07) is 14.3. The van der Waals surface area contributed by atoms with Crippen molar-refractivity contribution in [1.29, 1.82) is 0 Å². The Balaban J connectivity index is 2.31. The van der Waals surface area contributed by atoms with Gasteiger partial charge in [0.2, 0.25) is 0 Å². The minimum Gasteiger partial charge on any atom is -0.384 e. The second-order valence-corrected chi connectivity index (χ2v) is 4.38. The maximum atomic E-state index is 10.1. The van der Waals surface area contributed by atoms with Crippen LogP contribution in [0.15, 0.2) is 48.5 Å². The fourth-order valence-electron chi connectivity index (χ4n) is 1.51. The fraction of sp³-hybridized carbons (Fsp3) is 0.0769. The van der Waals surface area contributed by atoms with Crippen LogP contribution >= 0.6 is 23.2 Å². The Morgan fingerprint density at radius 2 is 1.50 bits per heavy atom. The molecule has 82 valence electrons. The minimum absolute atomic E-state index is 0.616. The Hall–Kier alpha value is -1.02. The highest BCUT2D eigenvalue weighted by Gasteiger charge is 2.10. The highest BCUT2D eigenvalue weighted by Crippen LogP contribution is 2.25. The lowest BCUT2D eigenvalue weighted by molar-refractivity contribution is 0.220. The second kappa shape index (κ2) is 4.88. The summed E-state index contributed by atoms with van der Waals surface area (Å²) in [6.07, 6.45) is -0.670. The van der Waals surface area contributed by atoms with E-state index in [1.807, 2.05) is 12.1 Å². The smallest absolute Gasteiger partial charge is 0.104 e. The van der Waals surface area contributed by atoms with Crippen LogP contribution in [0.4, 0.5) is 0 Å². The van der Waals surface area contributed by atoms with Gasteiger partial charge in [-0.15, -0.1) is 0 Å². The third-order valence-electron chi connectivity index (χ3n) is 2.35. The van der Waals surface area contributed by atoms with Crippen LogP contribution in [-0.4, -0.2) is 5.11 Å². The molecule has 0 spiro atoms. The normalized spacial score (nSPS) is 12.4. The monoisotopic (exact) mass is 252 g/mol. The molecule has 3 heteroatoms. The molecule has 0 heterocycles. The minimum atomic E-state index is -0.670. The zero-order valence-electron chi connectivity index (χ0n) is 8.40. The van der Waals surface area contributed by atoms with E-state index in [9.17, 15) is 5.11 Å². The van der Waals surface area contributed by atoms with Crippen LogP contribution in [0.1, 0.15) is 17.2 Å². The molecule has 2 aromatic rings. The second-order valence-electron chi connectivity index (χ2n) is 3.51. The Labute approximate surface area is 104 Å². The molecule has 2 rings (SSSR count). The molecule has 0 aliphatic carbocycles. The molecule has 0 fully saturated rings. The molecule has 0 aromatic heterocycles. The maximum Gasteiger partial charge on any atom is 0.104 e. The van der Waals surface area contributed by atoms with Crippen molar-refractivity contribution in [3.05, 3.63) is 69.7 Å². The largest absolute Gasteiger partial charge is 0.384 e. The van der Waals surface area contributed by atoms with Crippen molar-refractivity contribution in [2.75, 3.05) is 0 Å². The van der Waals surface area contributed by atoms with Crippen LogP contribution in [0.3, 0.4) is 0 Å². The van der Waals surface area contributed by atoms with Gasteiger partial charge in [0, 0.05) is 10.0 Å². The highest BCUT2D eigenvalue weighted by atomic mass is 35.5. The molecule has 1 N–H and O–H groups in total. The average molecular weight is 253 g/mol. The standard InChI is InChI=1S/C13H10Cl2O/c14-11-6-4-9(5-7-11)13(16)10-2-1-3-12(15)8-10/h1-8,13,16H. The van der Waals surface area contributed by atoms with Gasteiger partial charge in [-0.1, -0.05) is 47.5 Å². The quantitative estimate of drug-likeness (QED) is 0.855. The van der Waals surface area contributed by atoms with Crippen LogP contribution in [-0.2, 0) is 0 Å². The van der Waals surface area contributed by atoms with Gasteiger partial charge in [-0.3, -0.25) is 0 Å². The van der Waals surface area contributed by atoms with Gasteiger partial charge in [0.25, 0.3) is 0 Å². The van der Waals surface area contributed by atoms with Gasteiger partial charge in [-0.2, -0.15) is 0 Å². The van der Waals surface area contributed by atoms with Gasteiger partial charge >= 0.3 is 0 Å². The number of halogens is 2. The first-order chi connectivity index (χ1) is 7.66. The average Bonchev–Trinajstić information content (AvgIpc) is 2.29. The molecule has 0 saturated heterocycles. The lowest BCUT2D eigenvalue weighted by Gasteiger charge is -2.11. The lowest BCUT2D eigenvalue weighted by atomic mass is 10.0. The summed E-state index contributed by atoms with van der Waals surface area (Å²) in [6.45, 7) is 0. The first kappa shape index (κ1) is 11.5. The molecule has 1 atom stereocenters. The topological polar surface area (TPSA) is 20.2 Å². The van der Waals surface area contributed by atoms with Crippen molar-refractivity contribution in [1.82, 2.24) is 0 Å². The Bertz CT molecular complexity index is 480. The summed E-state index contributed by atoms with van der Waals surface area (Å²) in [5, 5.41) is 11.4. The van der Waals surface area contributed by atoms with Crippen molar-refractivity contribution >= 4 is 23.2 Å². The molecule has 16 heavy (non-hydrogen) atoms.